The van der Waals surface area contributed by atoms with Crippen LogP contribution < -0.4 is 5.32 Å². The molecule has 0 saturated carbocycles. The van der Waals surface area contributed by atoms with Crippen LogP contribution in [0.5, 0.6) is 0 Å². The van der Waals surface area contributed by atoms with Gasteiger partial charge >= 0.3 is 0 Å². The number of likely N-dealkylation sites (N-methyl/N-ethyl adjacent to an activating group) is 1. The van der Waals surface area contributed by atoms with Crippen LogP contribution in [-0.2, 0) is 9.53 Å². The summed E-state index contributed by atoms with van der Waals surface area (Å²) in [5.41, 5.74) is 1.99. The molecule has 1 heterocycles. The molecule has 0 radical (unpaired) electrons. The van der Waals surface area contributed by atoms with Crippen molar-refractivity contribution in [2.75, 3.05) is 32.1 Å². The lowest BCUT2D eigenvalue weighted by Gasteiger charge is -2.30. The van der Waals surface area contributed by atoms with Gasteiger partial charge in [0.15, 0.2) is 0 Å². The molecule has 0 bridgehead atoms. The Morgan fingerprint density at radius 3 is 2.86 bits per heavy atom. The summed E-state index contributed by atoms with van der Waals surface area (Å²) in [6, 6.07) is 8.02. The summed E-state index contributed by atoms with van der Waals surface area (Å²) in [5, 5.41) is 3.03. The maximum atomic E-state index is 12.2. The molecule has 1 unspecified atom stereocenters. The maximum absolute atomic E-state index is 12.2. The first-order valence-corrected chi connectivity index (χ1v) is 7.85. The van der Waals surface area contributed by atoms with Crippen LogP contribution in [0.2, 0.25) is 0 Å². The second kappa shape index (κ2) is 7.57. The highest BCUT2D eigenvalue weighted by molar-refractivity contribution is 5.92. The second-order valence-corrected chi connectivity index (χ2v) is 5.75. The van der Waals surface area contributed by atoms with E-state index in [1.165, 1.54) is 0 Å². The van der Waals surface area contributed by atoms with Crippen molar-refractivity contribution in [3.63, 3.8) is 0 Å². The predicted octanol–water partition coefficient (Wildman–Crippen LogP) is 3.06. The first-order chi connectivity index (χ1) is 10.1. The molecule has 1 saturated heterocycles. The van der Waals surface area contributed by atoms with Crippen molar-refractivity contribution in [2.45, 2.75) is 32.8 Å². The summed E-state index contributed by atoms with van der Waals surface area (Å²) >= 11 is 0. The highest BCUT2D eigenvalue weighted by Crippen LogP contribution is 2.24. The molecule has 0 aliphatic carbocycles. The number of carbonyl (C=O) groups excluding carboxylic acids is 1. The number of nitrogens with zero attached hydrogens (tertiary/aromatic N) is 1. The summed E-state index contributed by atoms with van der Waals surface area (Å²) in [7, 11) is 2.11. The highest BCUT2D eigenvalue weighted by atomic mass is 16.5. The minimum absolute atomic E-state index is 0.0886. The molecule has 1 amide bonds. The number of rotatable bonds is 5. The van der Waals surface area contributed by atoms with Crippen LogP contribution in [0.25, 0.3) is 0 Å². The number of hydrogen-bond donors (Lipinski definition) is 1. The number of hydrogen-bond acceptors (Lipinski definition) is 3. The molecule has 1 aliphatic rings. The Kier molecular flexibility index (Phi) is 5.76. The Hall–Kier alpha value is -1.39. The maximum Gasteiger partial charge on any atom is 0.227 e. The summed E-state index contributed by atoms with van der Waals surface area (Å²) in [6.45, 7) is 6.72. The molecule has 1 aliphatic heterocycles. The van der Waals surface area contributed by atoms with Crippen molar-refractivity contribution in [1.82, 2.24) is 4.90 Å². The largest absolute Gasteiger partial charge is 0.371 e. The summed E-state index contributed by atoms with van der Waals surface area (Å²) in [4.78, 5) is 14.4. The van der Waals surface area contributed by atoms with Gasteiger partial charge in [0, 0.05) is 24.7 Å². The number of carbonyl (C=O) groups is 1. The molecule has 1 aromatic rings. The van der Waals surface area contributed by atoms with Gasteiger partial charge in [-0.15, -0.1) is 0 Å². The van der Waals surface area contributed by atoms with Crippen molar-refractivity contribution in [3.05, 3.63) is 29.8 Å². The molecule has 21 heavy (non-hydrogen) atoms. The van der Waals surface area contributed by atoms with E-state index in [2.05, 4.69) is 37.2 Å². The summed E-state index contributed by atoms with van der Waals surface area (Å²) in [6.07, 6.45) is 1.84. The molecular formula is C17H26N2O2. The fraction of sp³-hybridized carbons (Fsp3) is 0.588. The lowest BCUT2D eigenvalue weighted by atomic mass is 10.0. The molecule has 0 aromatic heterocycles. The average molecular weight is 290 g/mol. The SMILES string of the molecule is CCC(CC)C(=O)Nc1cccc(C2CN(C)CCO2)c1. The van der Waals surface area contributed by atoms with Crippen LogP contribution in [-0.4, -0.2) is 37.6 Å². The molecule has 1 atom stereocenters. The van der Waals surface area contributed by atoms with Crippen molar-refractivity contribution in [3.8, 4) is 0 Å². The van der Waals surface area contributed by atoms with E-state index in [9.17, 15) is 4.79 Å². The second-order valence-electron chi connectivity index (χ2n) is 5.75. The lowest BCUT2D eigenvalue weighted by Crippen LogP contribution is -2.35. The number of ether oxygens (including phenoxy) is 1. The van der Waals surface area contributed by atoms with Gasteiger partial charge in [-0.2, -0.15) is 0 Å². The van der Waals surface area contributed by atoms with E-state index in [0.29, 0.717) is 0 Å². The topological polar surface area (TPSA) is 41.6 Å². The van der Waals surface area contributed by atoms with Crippen LogP contribution in [0.4, 0.5) is 5.69 Å². The number of benzene rings is 1. The van der Waals surface area contributed by atoms with Gasteiger partial charge < -0.3 is 15.0 Å². The number of amides is 1. The van der Waals surface area contributed by atoms with Crippen molar-refractivity contribution in [1.29, 1.82) is 0 Å². The van der Waals surface area contributed by atoms with E-state index in [0.717, 1.165) is 43.8 Å². The average Bonchev–Trinajstić information content (AvgIpc) is 2.49. The zero-order valence-corrected chi connectivity index (χ0v) is 13.3. The van der Waals surface area contributed by atoms with E-state index >= 15 is 0 Å². The van der Waals surface area contributed by atoms with Crippen molar-refractivity contribution < 1.29 is 9.53 Å². The van der Waals surface area contributed by atoms with Gasteiger partial charge in [0.2, 0.25) is 5.91 Å². The van der Waals surface area contributed by atoms with Crippen LogP contribution in [0.15, 0.2) is 24.3 Å². The smallest absolute Gasteiger partial charge is 0.227 e. The van der Waals surface area contributed by atoms with Gasteiger partial charge in [-0.1, -0.05) is 26.0 Å². The zero-order chi connectivity index (χ0) is 15.2. The van der Waals surface area contributed by atoms with Gasteiger partial charge in [0.05, 0.1) is 12.7 Å². The molecule has 4 heteroatoms. The number of anilines is 1. The Morgan fingerprint density at radius 1 is 1.43 bits per heavy atom. The predicted molar refractivity (Wildman–Crippen MR) is 85.3 cm³/mol. The van der Waals surface area contributed by atoms with E-state index in [1.807, 2.05) is 18.2 Å². The summed E-state index contributed by atoms with van der Waals surface area (Å²) < 4.78 is 5.83. The molecular weight excluding hydrogens is 264 g/mol. The molecule has 0 spiro atoms. The number of nitrogens with one attached hydrogen (secondary N) is 1. The van der Waals surface area contributed by atoms with E-state index in [4.69, 9.17) is 4.74 Å². The molecule has 1 N–H and O–H groups in total. The quantitative estimate of drug-likeness (QED) is 0.906. The van der Waals surface area contributed by atoms with Crippen molar-refractivity contribution in [2.24, 2.45) is 5.92 Å². The van der Waals surface area contributed by atoms with Gasteiger partial charge in [0.1, 0.15) is 0 Å². The first kappa shape index (κ1) is 16.0. The normalized spacial score (nSPS) is 19.7. The Balaban J connectivity index is 2.05. The standard InChI is InChI=1S/C17H26N2O2/c1-4-13(5-2)17(20)18-15-8-6-7-14(11-15)16-12-19(3)9-10-21-16/h6-8,11,13,16H,4-5,9-10,12H2,1-3H3,(H,18,20). The lowest BCUT2D eigenvalue weighted by molar-refractivity contribution is -0.120. The third-order valence-corrected chi connectivity index (χ3v) is 4.15. The molecule has 2 rings (SSSR count). The van der Waals surface area contributed by atoms with E-state index < -0.39 is 0 Å². The van der Waals surface area contributed by atoms with Gasteiger partial charge in [-0.25, -0.2) is 0 Å². The number of morpholine rings is 1. The Morgan fingerprint density at radius 2 is 2.19 bits per heavy atom. The monoisotopic (exact) mass is 290 g/mol. The van der Waals surface area contributed by atoms with Crippen LogP contribution in [0.1, 0.15) is 38.4 Å². The molecule has 4 nitrogen and oxygen atoms in total. The minimum atomic E-state index is 0.0886. The molecule has 116 valence electrons. The Bertz CT molecular complexity index is 472. The third kappa shape index (κ3) is 4.29. The van der Waals surface area contributed by atoms with Gasteiger partial charge in [-0.05, 0) is 37.6 Å². The van der Waals surface area contributed by atoms with E-state index in [-0.39, 0.29) is 17.9 Å². The highest BCUT2D eigenvalue weighted by Gasteiger charge is 2.20. The van der Waals surface area contributed by atoms with Crippen molar-refractivity contribution >= 4 is 11.6 Å². The molecule has 1 aromatic carbocycles. The van der Waals surface area contributed by atoms with Crippen LogP contribution in [0.3, 0.4) is 0 Å². The minimum Gasteiger partial charge on any atom is -0.371 e. The third-order valence-electron chi connectivity index (χ3n) is 4.15. The first-order valence-electron chi connectivity index (χ1n) is 7.85. The molecule has 1 fully saturated rings. The fourth-order valence-electron chi connectivity index (χ4n) is 2.70. The fourth-order valence-corrected chi connectivity index (χ4v) is 2.70. The van der Waals surface area contributed by atoms with Gasteiger partial charge in [0.25, 0.3) is 0 Å². The van der Waals surface area contributed by atoms with Gasteiger partial charge in [-0.3, -0.25) is 4.79 Å². The van der Waals surface area contributed by atoms with E-state index in [1.54, 1.807) is 0 Å². The summed E-state index contributed by atoms with van der Waals surface area (Å²) in [5.74, 6) is 0.199. The van der Waals surface area contributed by atoms with Crippen LogP contribution >= 0.6 is 0 Å². The zero-order valence-electron chi connectivity index (χ0n) is 13.3. The Labute approximate surface area is 127 Å². The van der Waals surface area contributed by atoms with Crippen LogP contribution in [0, 0.1) is 5.92 Å².